The molecule has 0 aliphatic carbocycles. The van der Waals surface area contributed by atoms with Crippen LogP contribution in [0.4, 0.5) is 0 Å². The van der Waals surface area contributed by atoms with Crippen LogP contribution in [-0.4, -0.2) is 26.3 Å². The highest BCUT2D eigenvalue weighted by molar-refractivity contribution is 4.56. The van der Waals surface area contributed by atoms with Gasteiger partial charge in [0.15, 0.2) is 0 Å². The predicted octanol–water partition coefficient (Wildman–Crippen LogP) is 3.86. The summed E-state index contributed by atoms with van der Waals surface area (Å²) in [5, 5.41) is 3.47. The normalized spacial score (nSPS) is 11.8. The molecule has 0 aromatic rings. The van der Waals surface area contributed by atoms with Crippen LogP contribution < -0.4 is 5.32 Å². The molecule has 0 aromatic carbocycles. The van der Waals surface area contributed by atoms with E-state index < -0.39 is 0 Å². The van der Waals surface area contributed by atoms with Crippen molar-refractivity contribution < 1.29 is 4.74 Å². The van der Waals surface area contributed by atoms with E-state index in [1.807, 2.05) is 20.8 Å². The van der Waals surface area contributed by atoms with E-state index in [1.165, 1.54) is 25.7 Å². The fourth-order valence-electron chi connectivity index (χ4n) is 1.40. The highest BCUT2D eigenvalue weighted by atomic mass is 16.5. The van der Waals surface area contributed by atoms with E-state index in [1.54, 1.807) is 0 Å². The molecule has 16 heavy (non-hydrogen) atoms. The van der Waals surface area contributed by atoms with Crippen LogP contribution in [0.15, 0.2) is 0 Å². The maximum atomic E-state index is 5.35. The summed E-state index contributed by atoms with van der Waals surface area (Å²) in [5.41, 5.74) is 0. The summed E-state index contributed by atoms with van der Waals surface area (Å²) in [6.45, 7) is 14.5. The smallest absolute Gasteiger partial charge is 0.0503 e. The van der Waals surface area contributed by atoms with Gasteiger partial charge in [0.05, 0.1) is 6.61 Å². The lowest BCUT2D eigenvalue weighted by molar-refractivity contribution is 0.115. The van der Waals surface area contributed by atoms with Crippen LogP contribution in [0.3, 0.4) is 0 Å². The monoisotopic (exact) mass is 231 g/mol. The number of rotatable bonds is 10. The predicted molar refractivity (Wildman–Crippen MR) is 74.0 cm³/mol. The maximum Gasteiger partial charge on any atom is 0.0503 e. The SMILES string of the molecule is CC.CCCCCCNCC(C)COCC. The molecule has 0 amide bonds. The maximum absolute atomic E-state index is 5.35. The van der Waals surface area contributed by atoms with E-state index in [9.17, 15) is 0 Å². The van der Waals surface area contributed by atoms with E-state index in [2.05, 4.69) is 19.2 Å². The van der Waals surface area contributed by atoms with Crippen LogP contribution in [0.5, 0.6) is 0 Å². The summed E-state index contributed by atoms with van der Waals surface area (Å²) in [5.74, 6) is 0.640. The molecule has 1 atom stereocenters. The van der Waals surface area contributed by atoms with Gasteiger partial charge in [-0.05, 0) is 32.4 Å². The molecular formula is C14H33NO. The van der Waals surface area contributed by atoms with Gasteiger partial charge in [0, 0.05) is 6.61 Å². The number of unbranched alkanes of at least 4 members (excludes halogenated alkanes) is 3. The molecule has 0 fully saturated rings. The van der Waals surface area contributed by atoms with E-state index in [0.717, 1.165) is 26.3 Å². The zero-order chi connectivity index (χ0) is 12.6. The van der Waals surface area contributed by atoms with E-state index in [0.29, 0.717) is 5.92 Å². The van der Waals surface area contributed by atoms with Crippen molar-refractivity contribution in [3.8, 4) is 0 Å². The van der Waals surface area contributed by atoms with Crippen LogP contribution in [0, 0.1) is 5.92 Å². The molecule has 0 aromatic heterocycles. The lowest BCUT2D eigenvalue weighted by atomic mass is 10.2. The first kappa shape index (κ1) is 18.3. The Morgan fingerprint density at radius 2 is 1.75 bits per heavy atom. The van der Waals surface area contributed by atoms with Crippen LogP contribution in [0.25, 0.3) is 0 Å². The molecule has 0 radical (unpaired) electrons. The topological polar surface area (TPSA) is 21.3 Å². The number of hydrogen-bond acceptors (Lipinski definition) is 2. The number of hydrogen-bond donors (Lipinski definition) is 1. The fraction of sp³-hybridized carbons (Fsp3) is 1.00. The molecule has 0 heterocycles. The van der Waals surface area contributed by atoms with Gasteiger partial charge in [0.2, 0.25) is 0 Å². The standard InChI is InChI=1S/C12H27NO.C2H6/c1-4-6-7-8-9-13-10-12(3)11-14-5-2;1-2/h12-13H,4-11H2,1-3H3;1-2H3. The Bertz CT molecular complexity index is 107. The third-order valence-electron chi connectivity index (χ3n) is 2.31. The van der Waals surface area contributed by atoms with Gasteiger partial charge >= 0.3 is 0 Å². The van der Waals surface area contributed by atoms with Gasteiger partial charge in [-0.1, -0.05) is 47.0 Å². The van der Waals surface area contributed by atoms with E-state index >= 15 is 0 Å². The average molecular weight is 231 g/mol. The molecule has 1 unspecified atom stereocenters. The second-order valence-corrected chi connectivity index (χ2v) is 4.03. The van der Waals surface area contributed by atoms with Crippen LogP contribution in [-0.2, 0) is 4.74 Å². The summed E-state index contributed by atoms with van der Waals surface area (Å²) >= 11 is 0. The number of ether oxygens (including phenoxy) is 1. The lowest BCUT2D eigenvalue weighted by Gasteiger charge is -2.12. The number of nitrogens with one attached hydrogen (secondary N) is 1. The fourth-order valence-corrected chi connectivity index (χ4v) is 1.40. The van der Waals surface area contributed by atoms with Gasteiger partial charge in [-0.2, -0.15) is 0 Å². The first-order valence-corrected chi connectivity index (χ1v) is 7.09. The van der Waals surface area contributed by atoms with Crippen molar-refractivity contribution in [2.75, 3.05) is 26.3 Å². The molecule has 100 valence electrons. The summed E-state index contributed by atoms with van der Waals surface area (Å²) in [4.78, 5) is 0. The van der Waals surface area contributed by atoms with Crippen LogP contribution >= 0.6 is 0 Å². The van der Waals surface area contributed by atoms with Crippen molar-refractivity contribution in [3.05, 3.63) is 0 Å². The summed E-state index contributed by atoms with van der Waals surface area (Å²) < 4.78 is 5.35. The van der Waals surface area contributed by atoms with Crippen molar-refractivity contribution >= 4 is 0 Å². The van der Waals surface area contributed by atoms with Gasteiger partial charge in [0.25, 0.3) is 0 Å². The second-order valence-electron chi connectivity index (χ2n) is 4.03. The summed E-state index contributed by atoms with van der Waals surface area (Å²) in [6.07, 6.45) is 5.37. The molecule has 0 aliphatic rings. The van der Waals surface area contributed by atoms with Crippen LogP contribution in [0.2, 0.25) is 0 Å². The third kappa shape index (κ3) is 16.4. The second kappa shape index (κ2) is 17.3. The first-order chi connectivity index (χ1) is 7.81. The Labute approximate surface area is 103 Å². The first-order valence-electron chi connectivity index (χ1n) is 7.09. The van der Waals surface area contributed by atoms with Gasteiger partial charge in [-0.25, -0.2) is 0 Å². The molecule has 0 bridgehead atoms. The highest BCUT2D eigenvalue weighted by Gasteiger charge is 2.00. The Morgan fingerprint density at radius 1 is 1.06 bits per heavy atom. The van der Waals surface area contributed by atoms with Crippen molar-refractivity contribution in [2.24, 2.45) is 5.92 Å². The molecule has 1 N–H and O–H groups in total. The minimum absolute atomic E-state index is 0.640. The summed E-state index contributed by atoms with van der Waals surface area (Å²) in [7, 11) is 0. The Balaban J connectivity index is 0. The van der Waals surface area contributed by atoms with E-state index in [4.69, 9.17) is 4.74 Å². The molecular weight excluding hydrogens is 198 g/mol. The minimum Gasteiger partial charge on any atom is -0.381 e. The lowest BCUT2D eigenvalue weighted by Crippen LogP contribution is -2.25. The zero-order valence-corrected chi connectivity index (χ0v) is 12.1. The van der Waals surface area contributed by atoms with Gasteiger partial charge in [0.1, 0.15) is 0 Å². The van der Waals surface area contributed by atoms with Crippen LogP contribution in [0.1, 0.15) is 60.3 Å². The molecule has 0 rings (SSSR count). The summed E-state index contributed by atoms with van der Waals surface area (Å²) in [6, 6.07) is 0. The van der Waals surface area contributed by atoms with Gasteiger partial charge in [-0.3, -0.25) is 0 Å². The molecule has 2 nitrogen and oxygen atoms in total. The Kier molecular flexibility index (Phi) is 19.8. The molecule has 0 saturated carbocycles. The molecule has 0 saturated heterocycles. The van der Waals surface area contributed by atoms with Crippen molar-refractivity contribution in [1.82, 2.24) is 5.32 Å². The van der Waals surface area contributed by atoms with Gasteiger partial charge < -0.3 is 10.1 Å². The largest absolute Gasteiger partial charge is 0.381 e. The zero-order valence-electron chi connectivity index (χ0n) is 12.1. The highest BCUT2D eigenvalue weighted by Crippen LogP contribution is 1.98. The Hall–Kier alpha value is -0.0800. The van der Waals surface area contributed by atoms with E-state index in [-0.39, 0.29) is 0 Å². The molecule has 2 heteroatoms. The minimum atomic E-state index is 0.640. The average Bonchev–Trinajstić information content (AvgIpc) is 2.33. The quantitative estimate of drug-likeness (QED) is 0.577. The van der Waals surface area contributed by atoms with Gasteiger partial charge in [-0.15, -0.1) is 0 Å². The van der Waals surface area contributed by atoms with Crippen molar-refractivity contribution in [1.29, 1.82) is 0 Å². The molecule has 0 spiro atoms. The van der Waals surface area contributed by atoms with Crippen molar-refractivity contribution in [3.63, 3.8) is 0 Å². The van der Waals surface area contributed by atoms with Crippen molar-refractivity contribution in [2.45, 2.75) is 60.3 Å². The molecule has 0 aliphatic heterocycles. The third-order valence-corrected chi connectivity index (χ3v) is 2.31. The Morgan fingerprint density at radius 3 is 2.31 bits per heavy atom.